The molecule has 1 fully saturated rings. The van der Waals surface area contributed by atoms with E-state index >= 15 is 0 Å². The summed E-state index contributed by atoms with van der Waals surface area (Å²) in [5.41, 5.74) is 0.778. The van der Waals surface area contributed by atoms with Crippen molar-refractivity contribution in [1.82, 2.24) is 19.6 Å². The number of carbonyl (C=O) groups excluding carboxylic acids is 3. The van der Waals surface area contributed by atoms with E-state index < -0.39 is 29.3 Å². The molecule has 1 N–H and O–H groups in total. The largest absolute Gasteiger partial charge is 0.347 e. The molecule has 2 atom stereocenters. The molecule has 3 aliphatic heterocycles. The van der Waals surface area contributed by atoms with E-state index in [-0.39, 0.29) is 18.5 Å². The second kappa shape index (κ2) is 8.83. The van der Waals surface area contributed by atoms with E-state index in [1.807, 2.05) is 35.2 Å². The van der Waals surface area contributed by atoms with Gasteiger partial charge in [-0.3, -0.25) is 29.0 Å². The number of pyridine rings is 1. The lowest BCUT2D eigenvalue weighted by atomic mass is 9.65. The molecule has 3 aromatic rings. The fourth-order valence-corrected chi connectivity index (χ4v) is 6.21. The molecule has 2 aromatic heterocycles. The van der Waals surface area contributed by atoms with Crippen molar-refractivity contribution in [2.45, 2.75) is 51.5 Å². The number of benzene rings is 1. The summed E-state index contributed by atoms with van der Waals surface area (Å²) in [4.78, 5) is 62.7. The maximum Gasteiger partial charge on any atom is 0.330 e. The van der Waals surface area contributed by atoms with Gasteiger partial charge < -0.3 is 4.90 Å². The SMILES string of the molecule is CCCCCCN1C(=O)NC(=O)C2(Cc3c(nc4ccccn4c3=O)N3CCc4ccccc4C32)C1=O. The lowest BCUT2D eigenvalue weighted by molar-refractivity contribution is -0.154. The number of urea groups is 1. The molecule has 9 nitrogen and oxygen atoms in total. The molecule has 9 heteroatoms. The molecule has 190 valence electrons. The Morgan fingerprint density at radius 2 is 1.84 bits per heavy atom. The Balaban J connectivity index is 1.56. The number of anilines is 1. The van der Waals surface area contributed by atoms with Crippen LogP contribution in [0.3, 0.4) is 0 Å². The van der Waals surface area contributed by atoms with Crippen LogP contribution in [0.15, 0.2) is 53.5 Å². The topological polar surface area (TPSA) is 104 Å². The van der Waals surface area contributed by atoms with Crippen molar-refractivity contribution in [3.8, 4) is 0 Å². The van der Waals surface area contributed by atoms with Crippen molar-refractivity contribution in [1.29, 1.82) is 0 Å². The Kier molecular flexibility index (Phi) is 5.58. The zero-order valence-electron chi connectivity index (χ0n) is 20.8. The first-order chi connectivity index (χ1) is 18.0. The van der Waals surface area contributed by atoms with E-state index in [1.54, 1.807) is 18.3 Å². The zero-order chi connectivity index (χ0) is 25.7. The highest BCUT2D eigenvalue weighted by atomic mass is 16.2. The number of fused-ring (bicyclic) bond motifs is 7. The van der Waals surface area contributed by atoms with Gasteiger partial charge in [0.25, 0.3) is 5.56 Å². The van der Waals surface area contributed by atoms with Crippen LogP contribution < -0.4 is 15.8 Å². The first kappa shape index (κ1) is 23.4. The molecule has 1 aromatic carbocycles. The van der Waals surface area contributed by atoms with Gasteiger partial charge in [0.05, 0.1) is 11.6 Å². The zero-order valence-corrected chi connectivity index (χ0v) is 20.8. The minimum atomic E-state index is -1.66. The molecule has 1 spiro atoms. The number of nitrogens with one attached hydrogen (secondary N) is 1. The first-order valence-electron chi connectivity index (χ1n) is 13.0. The van der Waals surface area contributed by atoms with Gasteiger partial charge in [-0.2, -0.15) is 0 Å². The highest BCUT2D eigenvalue weighted by molar-refractivity contribution is 6.20. The third kappa shape index (κ3) is 3.40. The van der Waals surface area contributed by atoms with Crippen molar-refractivity contribution in [3.63, 3.8) is 0 Å². The van der Waals surface area contributed by atoms with E-state index in [2.05, 4.69) is 12.2 Å². The van der Waals surface area contributed by atoms with Gasteiger partial charge in [0.1, 0.15) is 11.5 Å². The molecule has 3 aliphatic rings. The number of barbiturate groups is 1. The fraction of sp³-hybridized carbons (Fsp3) is 0.393. The van der Waals surface area contributed by atoms with Gasteiger partial charge >= 0.3 is 6.03 Å². The van der Waals surface area contributed by atoms with E-state index in [0.717, 1.165) is 30.4 Å². The maximum atomic E-state index is 14.3. The highest BCUT2D eigenvalue weighted by Crippen LogP contribution is 2.52. The van der Waals surface area contributed by atoms with Gasteiger partial charge in [0.2, 0.25) is 11.8 Å². The fourth-order valence-electron chi connectivity index (χ4n) is 6.21. The molecule has 0 bridgehead atoms. The monoisotopic (exact) mass is 499 g/mol. The van der Waals surface area contributed by atoms with E-state index in [0.29, 0.717) is 36.4 Å². The molecule has 0 aliphatic carbocycles. The van der Waals surface area contributed by atoms with E-state index in [4.69, 9.17) is 4.98 Å². The second-order valence-electron chi connectivity index (χ2n) is 10.1. The van der Waals surface area contributed by atoms with Crippen molar-refractivity contribution < 1.29 is 14.4 Å². The number of amides is 4. The lowest BCUT2D eigenvalue weighted by Crippen LogP contribution is -2.70. The molecule has 6 rings (SSSR count). The normalized spacial score (nSPS) is 22.6. The Bertz CT molecular complexity index is 1500. The summed E-state index contributed by atoms with van der Waals surface area (Å²) in [6.45, 7) is 2.82. The minimum absolute atomic E-state index is 0.120. The third-order valence-electron chi connectivity index (χ3n) is 8.02. The summed E-state index contributed by atoms with van der Waals surface area (Å²) >= 11 is 0. The van der Waals surface area contributed by atoms with Gasteiger partial charge in [-0.25, -0.2) is 9.78 Å². The number of hydrogen-bond acceptors (Lipinski definition) is 6. The van der Waals surface area contributed by atoms with Crippen molar-refractivity contribution in [2.24, 2.45) is 5.41 Å². The smallest absolute Gasteiger partial charge is 0.330 e. The quantitative estimate of drug-likeness (QED) is 0.428. The summed E-state index contributed by atoms with van der Waals surface area (Å²) < 4.78 is 1.45. The molecule has 0 saturated carbocycles. The van der Waals surface area contributed by atoms with Crippen molar-refractivity contribution in [3.05, 3.63) is 75.7 Å². The Labute approximate surface area is 214 Å². The van der Waals surface area contributed by atoms with E-state index in [1.165, 1.54) is 9.30 Å². The van der Waals surface area contributed by atoms with Crippen LogP contribution in [0.5, 0.6) is 0 Å². The second-order valence-corrected chi connectivity index (χ2v) is 10.1. The molecular formula is C28H29N5O4. The standard InChI is InChI=1S/C28H29N5O4/c1-2-3-4-8-15-33-26(36)28(25(35)30-27(33)37)17-20-23(29-21-12-7-9-14-31(21)24(20)34)32-16-13-18-10-5-6-11-19(18)22(28)32/h5-7,9-12,14,22H,2-4,8,13,15-17H2,1H3,(H,30,35,37). The number of carbonyl (C=O) groups is 3. The van der Waals surface area contributed by atoms with Crippen LogP contribution in [0.1, 0.15) is 55.3 Å². The minimum Gasteiger partial charge on any atom is -0.347 e. The summed E-state index contributed by atoms with van der Waals surface area (Å²) in [5, 5.41) is 2.48. The molecule has 0 radical (unpaired) electrons. The average molecular weight is 500 g/mol. The van der Waals surface area contributed by atoms with Crippen LogP contribution in [0.25, 0.3) is 5.65 Å². The van der Waals surface area contributed by atoms with Crippen LogP contribution in [0.4, 0.5) is 10.6 Å². The van der Waals surface area contributed by atoms with Crippen molar-refractivity contribution in [2.75, 3.05) is 18.0 Å². The molecule has 5 heterocycles. The van der Waals surface area contributed by atoms with Gasteiger partial charge in [0.15, 0.2) is 5.41 Å². The van der Waals surface area contributed by atoms with Gasteiger partial charge in [-0.1, -0.05) is 56.5 Å². The van der Waals surface area contributed by atoms with Gasteiger partial charge in [-0.15, -0.1) is 0 Å². The summed E-state index contributed by atoms with van der Waals surface area (Å²) in [6, 6.07) is 11.8. The van der Waals surface area contributed by atoms with Crippen LogP contribution in [0.2, 0.25) is 0 Å². The Hall–Kier alpha value is -4.01. The lowest BCUT2D eigenvalue weighted by Gasteiger charge is -2.53. The number of nitrogens with zero attached hydrogens (tertiary/aromatic N) is 4. The highest BCUT2D eigenvalue weighted by Gasteiger charge is 2.64. The Morgan fingerprint density at radius 3 is 2.68 bits per heavy atom. The predicted octanol–water partition coefficient (Wildman–Crippen LogP) is 3.00. The van der Waals surface area contributed by atoms with Crippen LogP contribution in [-0.4, -0.2) is 45.2 Å². The van der Waals surface area contributed by atoms with Crippen LogP contribution in [0, 0.1) is 5.41 Å². The number of rotatable bonds is 5. The van der Waals surface area contributed by atoms with Gasteiger partial charge in [-0.05, 0) is 36.1 Å². The summed E-state index contributed by atoms with van der Waals surface area (Å²) in [7, 11) is 0. The van der Waals surface area contributed by atoms with Crippen molar-refractivity contribution >= 4 is 29.3 Å². The van der Waals surface area contributed by atoms with Gasteiger partial charge in [0, 0.05) is 25.7 Å². The molecule has 1 saturated heterocycles. The predicted molar refractivity (Wildman–Crippen MR) is 137 cm³/mol. The number of unbranched alkanes of at least 4 members (excludes halogenated alkanes) is 3. The van der Waals surface area contributed by atoms with E-state index in [9.17, 15) is 19.2 Å². The molecular weight excluding hydrogens is 470 g/mol. The van der Waals surface area contributed by atoms with Crippen LogP contribution in [-0.2, 0) is 22.4 Å². The Morgan fingerprint density at radius 1 is 1.03 bits per heavy atom. The van der Waals surface area contributed by atoms with Crippen LogP contribution >= 0.6 is 0 Å². The molecule has 4 amide bonds. The maximum absolute atomic E-state index is 14.3. The average Bonchev–Trinajstić information content (AvgIpc) is 2.91. The third-order valence-corrected chi connectivity index (χ3v) is 8.02. The molecule has 37 heavy (non-hydrogen) atoms. The first-order valence-corrected chi connectivity index (χ1v) is 13.0. The number of hydrogen-bond donors (Lipinski definition) is 1. The molecule has 2 unspecified atom stereocenters. The summed E-state index contributed by atoms with van der Waals surface area (Å²) in [6.07, 6.45) is 5.78. The summed E-state index contributed by atoms with van der Waals surface area (Å²) in [5.74, 6) is -0.678. The number of aromatic nitrogens is 2. The number of imide groups is 2.